The summed E-state index contributed by atoms with van der Waals surface area (Å²) in [6.07, 6.45) is 1.15. The molecule has 0 aliphatic carbocycles. The fourth-order valence-corrected chi connectivity index (χ4v) is 3.10. The van der Waals surface area contributed by atoms with Crippen molar-refractivity contribution in [3.8, 4) is 0 Å². The van der Waals surface area contributed by atoms with E-state index in [1.165, 1.54) is 5.56 Å². The predicted octanol–water partition coefficient (Wildman–Crippen LogP) is 3.43. The first-order chi connectivity index (χ1) is 12.0. The Hall–Kier alpha value is -0.860. The average molecular weight is 473 g/mol. The van der Waals surface area contributed by atoms with Gasteiger partial charge in [-0.05, 0) is 43.0 Å². The van der Waals surface area contributed by atoms with Gasteiger partial charge in [0.05, 0.1) is 0 Å². The van der Waals surface area contributed by atoms with Crippen LogP contribution in [0.1, 0.15) is 38.7 Å². The van der Waals surface area contributed by atoms with Crippen LogP contribution >= 0.6 is 24.0 Å². The van der Waals surface area contributed by atoms with Gasteiger partial charge in [-0.1, -0.05) is 32.9 Å². The zero-order chi connectivity index (χ0) is 18.2. The minimum absolute atomic E-state index is 0. The fraction of sp³-hybridized carbons (Fsp3) is 0.650. The molecule has 2 atom stereocenters. The van der Waals surface area contributed by atoms with Crippen LogP contribution in [0.4, 0.5) is 5.69 Å². The molecule has 3 N–H and O–H groups in total. The average Bonchev–Trinajstić information content (AvgIpc) is 2.62. The third kappa shape index (κ3) is 7.80. The van der Waals surface area contributed by atoms with Gasteiger partial charge >= 0.3 is 0 Å². The van der Waals surface area contributed by atoms with Gasteiger partial charge in [-0.25, -0.2) is 0 Å². The first-order valence-electron chi connectivity index (χ1n) is 9.55. The third-order valence-corrected chi connectivity index (χ3v) is 5.10. The van der Waals surface area contributed by atoms with E-state index in [9.17, 15) is 0 Å². The molecule has 0 amide bonds. The lowest BCUT2D eigenvalue weighted by atomic mass is 9.99. The Kier molecular flexibility index (Phi) is 10.5. The molecule has 1 aromatic carbocycles. The summed E-state index contributed by atoms with van der Waals surface area (Å²) in [5.41, 5.74) is 8.41. The Balaban J connectivity index is 0.00000338. The van der Waals surface area contributed by atoms with Crippen molar-refractivity contribution in [2.45, 2.75) is 33.1 Å². The number of nitrogens with one attached hydrogen (secondary N) is 1. The van der Waals surface area contributed by atoms with Gasteiger partial charge in [-0.2, -0.15) is 0 Å². The van der Waals surface area contributed by atoms with Crippen molar-refractivity contribution >= 4 is 35.6 Å². The number of anilines is 1. The number of halogens is 1. The summed E-state index contributed by atoms with van der Waals surface area (Å²) < 4.78 is 0. The van der Waals surface area contributed by atoms with E-state index < -0.39 is 0 Å². The van der Waals surface area contributed by atoms with Crippen LogP contribution in [-0.2, 0) is 0 Å². The number of nitrogens with zero attached hydrogens (tertiary/aromatic N) is 3. The number of rotatable bonds is 7. The zero-order valence-electron chi connectivity index (χ0n) is 16.7. The van der Waals surface area contributed by atoms with E-state index in [-0.39, 0.29) is 24.0 Å². The summed E-state index contributed by atoms with van der Waals surface area (Å²) in [5, 5.41) is 3.20. The number of aliphatic imine (C=N–C) groups is 1. The summed E-state index contributed by atoms with van der Waals surface area (Å²) >= 11 is 0. The number of piperazine rings is 1. The molecule has 1 fully saturated rings. The first kappa shape index (κ1) is 23.2. The fourth-order valence-electron chi connectivity index (χ4n) is 3.10. The zero-order valence-corrected chi connectivity index (χ0v) is 19.1. The van der Waals surface area contributed by atoms with Gasteiger partial charge < -0.3 is 20.9 Å². The predicted molar refractivity (Wildman–Crippen MR) is 124 cm³/mol. The molecule has 2 rings (SSSR count). The van der Waals surface area contributed by atoms with Crippen LogP contribution in [0.25, 0.3) is 0 Å². The van der Waals surface area contributed by atoms with Crippen LogP contribution in [0.3, 0.4) is 0 Å². The first-order valence-corrected chi connectivity index (χ1v) is 9.55. The Morgan fingerprint density at radius 3 is 2.35 bits per heavy atom. The summed E-state index contributed by atoms with van der Waals surface area (Å²) in [6.45, 7) is 13.2. The van der Waals surface area contributed by atoms with E-state index in [1.807, 2.05) is 0 Å². The second-order valence-electron chi connectivity index (χ2n) is 7.49. The molecule has 0 saturated carbocycles. The maximum Gasteiger partial charge on any atom is 0.193 e. The van der Waals surface area contributed by atoms with E-state index in [2.05, 4.69) is 72.2 Å². The normalized spacial score (nSPS) is 18.8. The van der Waals surface area contributed by atoms with Crippen LogP contribution in [0.5, 0.6) is 0 Å². The van der Waals surface area contributed by atoms with Gasteiger partial charge in [0.1, 0.15) is 0 Å². The molecule has 148 valence electrons. The van der Waals surface area contributed by atoms with Crippen molar-refractivity contribution in [2.24, 2.45) is 16.6 Å². The molecule has 26 heavy (non-hydrogen) atoms. The quantitative estimate of drug-likeness (QED) is 0.362. The molecule has 2 unspecified atom stereocenters. The van der Waals surface area contributed by atoms with Crippen LogP contribution in [0, 0.1) is 5.92 Å². The maximum absolute atomic E-state index is 6.05. The topological polar surface area (TPSA) is 56.9 Å². The van der Waals surface area contributed by atoms with Gasteiger partial charge in [0.25, 0.3) is 0 Å². The Morgan fingerprint density at radius 1 is 1.15 bits per heavy atom. The molecule has 1 aliphatic heterocycles. The monoisotopic (exact) mass is 473 g/mol. The molecule has 1 saturated heterocycles. The van der Waals surface area contributed by atoms with Crippen molar-refractivity contribution in [1.29, 1.82) is 0 Å². The number of nitrogens with two attached hydrogens (primary N) is 1. The van der Waals surface area contributed by atoms with Gasteiger partial charge in [0, 0.05) is 45.0 Å². The van der Waals surface area contributed by atoms with Crippen LogP contribution < -0.4 is 11.1 Å². The summed E-state index contributed by atoms with van der Waals surface area (Å²) in [7, 11) is 2.19. The maximum atomic E-state index is 6.05. The highest BCUT2D eigenvalue weighted by molar-refractivity contribution is 14.0. The number of hydrogen-bond donors (Lipinski definition) is 2. The second kappa shape index (κ2) is 11.8. The molecule has 6 heteroatoms. The van der Waals surface area contributed by atoms with E-state index >= 15 is 0 Å². The van der Waals surface area contributed by atoms with Crippen LogP contribution in [-0.4, -0.2) is 62.1 Å². The highest BCUT2D eigenvalue weighted by atomic mass is 127. The SMILES string of the molecule is CCC(C)c1ccc(NC(N)=NCC(C)CN2CCN(C)CC2)cc1.I. The Morgan fingerprint density at radius 2 is 1.77 bits per heavy atom. The lowest BCUT2D eigenvalue weighted by Crippen LogP contribution is -2.46. The van der Waals surface area contributed by atoms with Crippen molar-refractivity contribution in [1.82, 2.24) is 9.80 Å². The van der Waals surface area contributed by atoms with Crippen LogP contribution in [0.2, 0.25) is 0 Å². The molecule has 0 aromatic heterocycles. The number of likely N-dealkylation sites (N-methyl/N-ethyl adjacent to an activating group) is 1. The highest BCUT2D eigenvalue weighted by Crippen LogP contribution is 2.20. The van der Waals surface area contributed by atoms with Crippen molar-refractivity contribution < 1.29 is 0 Å². The minimum Gasteiger partial charge on any atom is -0.370 e. The molecule has 0 bridgehead atoms. The van der Waals surface area contributed by atoms with Gasteiger partial charge in [-0.3, -0.25) is 4.99 Å². The molecule has 1 aliphatic rings. The molecular weight excluding hydrogens is 437 g/mol. The van der Waals surface area contributed by atoms with E-state index in [1.54, 1.807) is 0 Å². The summed E-state index contributed by atoms with van der Waals surface area (Å²) in [4.78, 5) is 9.43. The second-order valence-corrected chi connectivity index (χ2v) is 7.49. The van der Waals surface area contributed by atoms with Gasteiger partial charge in [0.2, 0.25) is 0 Å². The molecule has 1 aromatic rings. The molecule has 5 nitrogen and oxygen atoms in total. The van der Waals surface area contributed by atoms with Gasteiger partial charge in [-0.15, -0.1) is 24.0 Å². The number of benzene rings is 1. The van der Waals surface area contributed by atoms with Crippen molar-refractivity contribution in [3.05, 3.63) is 29.8 Å². The van der Waals surface area contributed by atoms with Crippen LogP contribution in [0.15, 0.2) is 29.3 Å². The van der Waals surface area contributed by atoms with Gasteiger partial charge in [0.15, 0.2) is 5.96 Å². The third-order valence-electron chi connectivity index (χ3n) is 5.10. The lowest BCUT2D eigenvalue weighted by Gasteiger charge is -2.33. The smallest absolute Gasteiger partial charge is 0.193 e. The lowest BCUT2D eigenvalue weighted by molar-refractivity contribution is 0.140. The highest BCUT2D eigenvalue weighted by Gasteiger charge is 2.15. The summed E-state index contributed by atoms with van der Waals surface area (Å²) in [6, 6.07) is 8.49. The van der Waals surface area contributed by atoms with E-state index in [0.29, 0.717) is 17.8 Å². The molecular formula is C20H36IN5. The molecule has 0 spiro atoms. The van der Waals surface area contributed by atoms with E-state index in [0.717, 1.165) is 51.4 Å². The Labute approximate surface area is 176 Å². The number of guanidine groups is 1. The molecule has 1 heterocycles. The van der Waals surface area contributed by atoms with Crippen molar-refractivity contribution in [2.75, 3.05) is 51.6 Å². The molecule has 0 radical (unpaired) electrons. The Bertz CT molecular complexity index is 538. The van der Waals surface area contributed by atoms with Crippen molar-refractivity contribution in [3.63, 3.8) is 0 Å². The minimum atomic E-state index is 0. The largest absolute Gasteiger partial charge is 0.370 e. The summed E-state index contributed by atoms with van der Waals surface area (Å²) in [5.74, 6) is 1.61. The van der Waals surface area contributed by atoms with E-state index in [4.69, 9.17) is 5.73 Å². The standard InChI is InChI=1S/C20H35N5.HI/c1-5-17(3)18-6-8-19(9-7-18)23-20(21)22-14-16(2)15-25-12-10-24(4)11-13-25;/h6-9,16-17H,5,10-15H2,1-4H3,(H3,21,22,23);1H. The number of hydrogen-bond acceptors (Lipinski definition) is 3.